The lowest BCUT2D eigenvalue weighted by atomic mass is 10.1. The van der Waals surface area contributed by atoms with Gasteiger partial charge in [0.25, 0.3) is 10.0 Å². The highest BCUT2D eigenvalue weighted by Crippen LogP contribution is 2.39. The molecule has 0 unspecified atom stereocenters. The number of ether oxygens (including phenoxy) is 1. The Bertz CT molecular complexity index is 1740. The van der Waals surface area contributed by atoms with Crippen molar-refractivity contribution in [3.63, 3.8) is 0 Å². The van der Waals surface area contributed by atoms with E-state index in [2.05, 4.69) is 25.9 Å². The summed E-state index contributed by atoms with van der Waals surface area (Å²) in [6.07, 6.45) is 11.5. The summed E-state index contributed by atoms with van der Waals surface area (Å²) in [5.74, 6) is 0.995. The zero-order valence-electron chi connectivity index (χ0n) is 23.1. The number of thiophene rings is 1. The number of H-pyrrole nitrogens is 1. The molecule has 1 aliphatic carbocycles. The van der Waals surface area contributed by atoms with Crippen molar-refractivity contribution < 1.29 is 13.2 Å². The van der Waals surface area contributed by atoms with Gasteiger partial charge in [-0.15, -0.1) is 22.7 Å². The summed E-state index contributed by atoms with van der Waals surface area (Å²) in [5.41, 5.74) is 2.42. The number of rotatable bonds is 9. The summed E-state index contributed by atoms with van der Waals surface area (Å²) in [6.45, 7) is 3.87. The van der Waals surface area contributed by atoms with Gasteiger partial charge in [0.2, 0.25) is 5.90 Å². The Labute approximate surface area is 253 Å². The molecule has 0 atom stereocenters. The Morgan fingerprint density at radius 1 is 1.12 bits per heavy atom. The van der Waals surface area contributed by atoms with Crippen molar-refractivity contribution in [2.24, 2.45) is 15.9 Å². The lowest BCUT2D eigenvalue weighted by Gasteiger charge is -2.31. The molecule has 9 nitrogen and oxygen atoms in total. The molecule has 1 N–H and O–H groups in total. The molecule has 0 radical (unpaired) electrons. The van der Waals surface area contributed by atoms with E-state index in [1.165, 1.54) is 16.2 Å². The van der Waals surface area contributed by atoms with Crippen LogP contribution in [0.15, 0.2) is 74.4 Å². The van der Waals surface area contributed by atoms with Crippen LogP contribution in [-0.2, 0) is 21.3 Å². The lowest BCUT2D eigenvalue weighted by molar-refractivity contribution is 0.0915. The summed E-state index contributed by atoms with van der Waals surface area (Å²) in [4.78, 5) is 20.5. The average molecular weight is 621 g/mol. The van der Waals surface area contributed by atoms with Crippen molar-refractivity contribution in [3.8, 4) is 10.7 Å². The first-order valence-electron chi connectivity index (χ1n) is 14.3. The molecule has 12 heteroatoms. The van der Waals surface area contributed by atoms with Gasteiger partial charge >= 0.3 is 0 Å². The SMILES string of the molecule is O=S(=O)(c1cccs1)N(CC1CC1)c1cccc2cc(-c3ncc(CN4CCC(OC5=NC=CCN=C5)CC4)s3)[nH]c12. The number of anilines is 1. The van der Waals surface area contributed by atoms with Gasteiger partial charge in [0, 0.05) is 48.8 Å². The maximum atomic E-state index is 13.7. The van der Waals surface area contributed by atoms with Crippen LogP contribution in [0.2, 0.25) is 0 Å². The number of aliphatic imine (C=N–C) groups is 2. The monoisotopic (exact) mass is 620 g/mol. The van der Waals surface area contributed by atoms with Gasteiger partial charge < -0.3 is 9.72 Å². The first-order valence-corrected chi connectivity index (χ1v) is 17.4. The summed E-state index contributed by atoms with van der Waals surface area (Å²) in [5, 5.41) is 3.69. The topological polar surface area (TPSA) is 103 Å². The lowest BCUT2D eigenvalue weighted by Crippen LogP contribution is -2.37. The van der Waals surface area contributed by atoms with E-state index in [4.69, 9.17) is 9.72 Å². The number of nitrogens with zero attached hydrogens (tertiary/aromatic N) is 5. The number of fused-ring (bicyclic) bond motifs is 1. The van der Waals surface area contributed by atoms with E-state index >= 15 is 0 Å². The second kappa shape index (κ2) is 11.8. The molecule has 7 rings (SSSR count). The zero-order chi connectivity index (χ0) is 28.5. The molecule has 2 aliphatic heterocycles. The third kappa shape index (κ3) is 5.94. The molecule has 218 valence electrons. The van der Waals surface area contributed by atoms with E-state index in [1.807, 2.05) is 35.9 Å². The highest BCUT2D eigenvalue weighted by Gasteiger charge is 2.34. The fourth-order valence-corrected chi connectivity index (χ4v) is 8.97. The predicted octanol–water partition coefficient (Wildman–Crippen LogP) is 5.94. The molecule has 1 saturated carbocycles. The Kier molecular flexibility index (Phi) is 7.70. The Hall–Kier alpha value is -3.32. The standard InChI is InChI=1S/C30H32N6O3S3/c37-42(38,28-6-2-15-40-28)36(19-21-7-8-21)26-5-1-4-22-16-25(34-29(22)26)30-33-17-24(41-30)20-35-13-9-23(10-14-35)39-27-18-31-11-3-12-32-27/h1-6,12,15-18,21,23,34H,7-11,13-14,19-20H2. The number of sulfonamides is 1. The number of likely N-dealkylation sites (tertiary alicyclic amines) is 1. The largest absolute Gasteiger partial charge is 0.473 e. The fraction of sp³-hybridized carbons (Fsp3) is 0.367. The number of para-hydroxylation sites is 1. The van der Waals surface area contributed by atoms with Gasteiger partial charge in [-0.3, -0.25) is 14.2 Å². The first kappa shape index (κ1) is 27.5. The quantitative estimate of drug-likeness (QED) is 0.250. The van der Waals surface area contributed by atoms with Crippen LogP contribution in [-0.4, -0.2) is 67.7 Å². The number of aromatic amines is 1. The molecule has 0 bridgehead atoms. The molecule has 1 saturated heterocycles. The van der Waals surface area contributed by atoms with Crippen LogP contribution in [0.4, 0.5) is 5.69 Å². The van der Waals surface area contributed by atoms with Crippen molar-refractivity contribution in [2.75, 3.05) is 30.5 Å². The molecule has 3 aromatic heterocycles. The van der Waals surface area contributed by atoms with E-state index in [0.717, 1.165) is 66.9 Å². The number of benzene rings is 1. The summed E-state index contributed by atoms with van der Waals surface area (Å²) < 4.78 is 35.4. The average Bonchev–Trinajstić information content (AvgIpc) is 3.33. The highest BCUT2D eigenvalue weighted by atomic mass is 32.2. The number of piperidine rings is 1. The normalized spacial score (nSPS) is 18.3. The van der Waals surface area contributed by atoms with E-state index in [-0.39, 0.29) is 6.10 Å². The predicted molar refractivity (Wildman–Crippen MR) is 170 cm³/mol. The minimum atomic E-state index is -3.65. The highest BCUT2D eigenvalue weighted by molar-refractivity contribution is 7.94. The maximum absolute atomic E-state index is 13.7. The smallest absolute Gasteiger partial charge is 0.273 e. The zero-order valence-corrected chi connectivity index (χ0v) is 25.5. The first-order chi connectivity index (χ1) is 20.5. The van der Waals surface area contributed by atoms with Crippen LogP contribution >= 0.6 is 22.7 Å². The molecule has 0 spiro atoms. The maximum Gasteiger partial charge on any atom is 0.273 e. The second-order valence-electron chi connectivity index (χ2n) is 10.9. The molecule has 5 heterocycles. The van der Waals surface area contributed by atoms with Gasteiger partial charge in [-0.1, -0.05) is 18.2 Å². The number of nitrogens with one attached hydrogen (secondary N) is 1. The van der Waals surface area contributed by atoms with Crippen molar-refractivity contribution in [1.82, 2.24) is 14.9 Å². The van der Waals surface area contributed by atoms with Crippen LogP contribution in [0.25, 0.3) is 21.6 Å². The Balaban J connectivity index is 1.06. The minimum absolute atomic E-state index is 0.152. The van der Waals surface area contributed by atoms with Gasteiger partial charge in [0.1, 0.15) is 15.3 Å². The van der Waals surface area contributed by atoms with Gasteiger partial charge in [-0.05, 0) is 61.3 Å². The van der Waals surface area contributed by atoms with Crippen LogP contribution < -0.4 is 4.31 Å². The molecule has 2 fully saturated rings. The van der Waals surface area contributed by atoms with Crippen LogP contribution in [0.3, 0.4) is 0 Å². The van der Waals surface area contributed by atoms with Crippen LogP contribution in [0.5, 0.6) is 0 Å². The van der Waals surface area contributed by atoms with Gasteiger partial charge in [-0.2, -0.15) is 0 Å². The van der Waals surface area contributed by atoms with Gasteiger partial charge in [0.15, 0.2) is 0 Å². The number of hydrogen-bond donors (Lipinski definition) is 1. The van der Waals surface area contributed by atoms with Crippen molar-refractivity contribution in [2.45, 2.75) is 42.5 Å². The van der Waals surface area contributed by atoms with Crippen molar-refractivity contribution >= 4 is 61.4 Å². The van der Waals surface area contributed by atoms with Crippen LogP contribution in [0, 0.1) is 5.92 Å². The van der Waals surface area contributed by atoms with Gasteiger partial charge in [-0.25, -0.2) is 18.4 Å². The van der Waals surface area contributed by atoms with Crippen molar-refractivity contribution in [1.29, 1.82) is 0 Å². The number of hydrogen-bond acceptors (Lipinski definition) is 9. The summed E-state index contributed by atoms with van der Waals surface area (Å²) >= 11 is 2.94. The van der Waals surface area contributed by atoms with E-state index < -0.39 is 10.0 Å². The molecular weight excluding hydrogens is 589 g/mol. The van der Waals surface area contributed by atoms with E-state index in [0.29, 0.717) is 34.8 Å². The number of aromatic nitrogens is 2. The summed E-state index contributed by atoms with van der Waals surface area (Å²) in [7, 11) is -3.65. The van der Waals surface area contributed by atoms with E-state index in [9.17, 15) is 8.42 Å². The second-order valence-corrected chi connectivity index (χ2v) is 15.1. The molecule has 1 aromatic carbocycles. The molecule has 4 aromatic rings. The molecule has 0 amide bonds. The van der Waals surface area contributed by atoms with E-state index in [1.54, 1.807) is 40.2 Å². The Morgan fingerprint density at radius 3 is 2.81 bits per heavy atom. The molecule has 3 aliphatic rings. The van der Waals surface area contributed by atoms with Gasteiger partial charge in [0.05, 0.1) is 29.7 Å². The number of thiazole rings is 1. The Morgan fingerprint density at radius 2 is 2.00 bits per heavy atom. The molecule has 42 heavy (non-hydrogen) atoms. The third-order valence-corrected chi connectivity index (χ3v) is 11.9. The minimum Gasteiger partial charge on any atom is -0.473 e. The third-order valence-electron chi connectivity index (χ3n) is 7.77. The van der Waals surface area contributed by atoms with Crippen LogP contribution in [0.1, 0.15) is 30.6 Å². The molecular formula is C30H32N6O3S3. The van der Waals surface area contributed by atoms with Crippen molar-refractivity contribution in [3.05, 3.63) is 65.1 Å². The summed E-state index contributed by atoms with van der Waals surface area (Å²) in [6, 6.07) is 11.4. The fourth-order valence-electron chi connectivity index (χ4n) is 5.38.